The summed E-state index contributed by atoms with van der Waals surface area (Å²) in [4.78, 5) is 11.8. The molecule has 1 amide bonds. The lowest BCUT2D eigenvalue weighted by Crippen LogP contribution is -2.21. The Hall–Kier alpha value is -2.42. The lowest BCUT2D eigenvalue weighted by atomic mass is 10.0. The summed E-state index contributed by atoms with van der Waals surface area (Å²) in [6.45, 7) is 4.02. The predicted octanol–water partition coefficient (Wildman–Crippen LogP) is 3.60. The molecule has 3 nitrogen and oxygen atoms in total. The van der Waals surface area contributed by atoms with Crippen LogP contribution < -0.4 is 5.43 Å². The number of rotatable bonds is 5. The van der Waals surface area contributed by atoms with E-state index in [9.17, 15) is 4.79 Å². The van der Waals surface area contributed by atoms with Gasteiger partial charge in [-0.1, -0.05) is 74.5 Å². The van der Waals surface area contributed by atoms with Gasteiger partial charge in [-0.15, -0.1) is 0 Å². The first kappa shape index (κ1) is 15.0. The Bertz CT molecular complexity index is 562. The zero-order valence-corrected chi connectivity index (χ0v) is 12.4. The summed E-state index contributed by atoms with van der Waals surface area (Å²) < 4.78 is 0. The number of benzene rings is 2. The summed E-state index contributed by atoms with van der Waals surface area (Å²) >= 11 is 0. The van der Waals surface area contributed by atoms with Gasteiger partial charge in [-0.2, -0.15) is 5.10 Å². The van der Waals surface area contributed by atoms with Crippen LogP contribution in [0.25, 0.3) is 0 Å². The maximum atomic E-state index is 11.8. The van der Waals surface area contributed by atoms with Gasteiger partial charge >= 0.3 is 0 Å². The minimum Gasteiger partial charge on any atom is -0.273 e. The summed E-state index contributed by atoms with van der Waals surface area (Å²) in [6.07, 6.45) is 0.473. The first-order chi connectivity index (χ1) is 10.2. The number of amides is 1. The molecule has 0 aliphatic rings. The molecule has 0 radical (unpaired) electrons. The highest BCUT2D eigenvalue weighted by atomic mass is 16.2. The minimum absolute atomic E-state index is 0.0608. The minimum atomic E-state index is -0.0608. The van der Waals surface area contributed by atoms with Crippen LogP contribution >= 0.6 is 0 Å². The molecule has 2 aromatic carbocycles. The van der Waals surface area contributed by atoms with Crippen molar-refractivity contribution in [1.82, 2.24) is 5.43 Å². The van der Waals surface area contributed by atoms with Gasteiger partial charge in [0.05, 0.1) is 5.71 Å². The lowest BCUT2D eigenvalue weighted by Gasteiger charge is -2.08. The quantitative estimate of drug-likeness (QED) is 0.660. The number of hydrogen-bond acceptors (Lipinski definition) is 2. The third kappa shape index (κ3) is 4.56. The normalized spacial score (nSPS) is 10.2. The molecule has 21 heavy (non-hydrogen) atoms. The lowest BCUT2D eigenvalue weighted by molar-refractivity contribution is -0.121. The molecule has 0 spiro atoms. The number of hydrogen-bond donors (Lipinski definition) is 1. The average Bonchev–Trinajstić information content (AvgIpc) is 2.49. The van der Waals surface area contributed by atoms with E-state index in [1.54, 1.807) is 0 Å². The van der Waals surface area contributed by atoms with Crippen molar-refractivity contribution < 1.29 is 4.79 Å². The third-order valence-corrected chi connectivity index (χ3v) is 2.98. The van der Waals surface area contributed by atoms with Crippen LogP contribution in [0.4, 0.5) is 0 Å². The second-order valence-electron chi connectivity index (χ2n) is 5.33. The van der Waals surface area contributed by atoms with E-state index in [4.69, 9.17) is 0 Å². The molecule has 108 valence electrons. The Kier molecular flexibility index (Phi) is 5.27. The largest absolute Gasteiger partial charge is 0.273 e. The van der Waals surface area contributed by atoms with Crippen LogP contribution in [-0.2, 0) is 4.79 Å². The topological polar surface area (TPSA) is 41.5 Å². The second-order valence-corrected chi connectivity index (χ2v) is 5.33. The summed E-state index contributed by atoms with van der Waals surface area (Å²) in [5.41, 5.74) is 5.39. The molecule has 0 aromatic heterocycles. The Balaban J connectivity index is 2.27. The Morgan fingerprint density at radius 2 is 1.43 bits per heavy atom. The van der Waals surface area contributed by atoms with Gasteiger partial charge in [0.1, 0.15) is 0 Å². The zero-order valence-electron chi connectivity index (χ0n) is 12.4. The van der Waals surface area contributed by atoms with Crippen molar-refractivity contribution in [2.45, 2.75) is 20.3 Å². The average molecular weight is 280 g/mol. The van der Waals surface area contributed by atoms with Crippen molar-refractivity contribution in [3.63, 3.8) is 0 Å². The molecule has 2 rings (SSSR count). The van der Waals surface area contributed by atoms with Gasteiger partial charge in [0.2, 0.25) is 5.91 Å². The molecule has 0 atom stereocenters. The van der Waals surface area contributed by atoms with Crippen molar-refractivity contribution in [3.05, 3.63) is 71.8 Å². The van der Waals surface area contributed by atoms with Crippen LogP contribution in [0, 0.1) is 5.92 Å². The molecular weight excluding hydrogens is 260 g/mol. The van der Waals surface area contributed by atoms with Crippen LogP contribution in [-0.4, -0.2) is 11.6 Å². The number of hydrazone groups is 1. The van der Waals surface area contributed by atoms with E-state index in [0.29, 0.717) is 12.3 Å². The van der Waals surface area contributed by atoms with Gasteiger partial charge in [0, 0.05) is 17.5 Å². The van der Waals surface area contributed by atoms with E-state index in [1.807, 2.05) is 74.5 Å². The molecule has 0 aliphatic carbocycles. The number of nitrogens with one attached hydrogen (secondary N) is 1. The monoisotopic (exact) mass is 280 g/mol. The molecule has 0 saturated carbocycles. The number of carbonyl (C=O) groups is 1. The van der Waals surface area contributed by atoms with Gasteiger partial charge in [0.15, 0.2) is 0 Å². The molecule has 3 heteroatoms. The summed E-state index contributed by atoms with van der Waals surface area (Å²) in [6, 6.07) is 19.7. The first-order valence-electron chi connectivity index (χ1n) is 7.14. The fourth-order valence-corrected chi connectivity index (χ4v) is 2.02. The van der Waals surface area contributed by atoms with E-state index in [0.717, 1.165) is 16.8 Å². The SMILES string of the molecule is CC(C)CC(=O)NN=C(c1ccccc1)c1ccccc1. The maximum Gasteiger partial charge on any atom is 0.240 e. The highest BCUT2D eigenvalue weighted by molar-refractivity contribution is 6.13. The highest BCUT2D eigenvalue weighted by Crippen LogP contribution is 2.10. The Morgan fingerprint density at radius 3 is 1.86 bits per heavy atom. The van der Waals surface area contributed by atoms with Crippen LogP contribution in [0.5, 0.6) is 0 Å². The Labute approximate surface area is 125 Å². The van der Waals surface area contributed by atoms with E-state index >= 15 is 0 Å². The number of nitrogens with zero attached hydrogens (tertiary/aromatic N) is 1. The first-order valence-corrected chi connectivity index (χ1v) is 7.14. The molecule has 0 fully saturated rings. The van der Waals surface area contributed by atoms with Crippen molar-refractivity contribution in [3.8, 4) is 0 Å². The van der Waals surface area contributed by atoms with Crippen molar-refractivity contribution >= 4 is 11.6 Å². The molecule has 0 heterocycles. The van der Waals surface area contributed by atoms with E-state index in [2.05, 4.69) is 10.5 Å². The fourth-order valence-electron chi connectivity index (χ4n) is 2.02. The second kappa shape index (κ2) is 7.39. The van der Waals surface area contributed by atoms with E-state index in [1.165, 1.54) is 0 Å². The van der Waals surface area contributed by atoms with Gasteiger partial charge in [0.25, 0.3) is 0 Å². The van der Waals surface area contributed by atoms with Crippen LogP contribution in [0.1, 0.15) is 31.4 Å². The van der Waals surface area contributed by atoms with Gasteiger partial charge in [-0.05, 0) is 5.92 Å². The molecule has 0 unspecified atom stereocenters. The van der Waals surface area contributed by atoms with Gasteiger partial charge in [-0.3, -0.25) is 4.79 Å². The maximum absolute atomic E-state index is 11.8. The molecule has 0 saturated heterocycles. The summed E-state index contributed by atoms with van der Waals surface area (Å²) in [5, 5.41) is 4.33. The molecule has 1 N–H and O–H groups in total. The molecular formula is C18H20N2O. The molecule has 2 aromatic rings. The van der Waals surface area contributed by atoms with Crippen molar-refractivity contribution in [2.75, 3.05) is 0 Å². The summed E-state index contributed by atoms with van der Waals surface area (Å²) in [7, 11) is 0. The van der Waals surface area contributed by atoms with Gasteiger partial charge in [-0.25, -0.2) is 5.43 Å². The van der Waals surface area contributed by atoms with E-state index < -0.39 is 0 Å². The third-order valence-electron chi connectivity index (χ3n) is 2.98. The Morgan fingerprint density at radius 1 is 0.952 bits per heavy atom. The standard InChI is InChI=1S/C18H20N2O/c1-14(2)13-17(21)19-20-18(15-9-5-3-6-10-15)16-11-7-4-8-12-16/h3-12,14H,13H2,1-2H3,(H,19,21). The number of carbonyl (C=O) groups excluding carboxylic acids is 1. The van der Waals surface area contributed by atoms with Crippen molar-refractivity contribution in [1.29, 1.82) is 0 Å². The van der Waals surface area contributed by atoms with Crippen LogP contribution in [0.3, 0.4) is 0 Å². The molecule has 0 aliphatic heterocycles. The van der Waals surface area contributed by atoms with Crippen LogP contribution in [0.15, 0.2) is 65.8 Å². The fraction of sp³-hybridized carbons (Fsp3) is 0.222. The molecule has 0 bridgehead atoms. The van der Waals surface area contributed by atoms with Crippen LogP contribution in [0.2, 0.25) is 0 Å². The van der Waals surface area contributed by atoms with Gasteiger partial charge < -0.3 is 0 Å². The smallest absolute Gasteiger partial charge is 0.240 e. The zero-order chi connectivity index (χ0) is 15.1. The van der Waals surface area contributed by atoms with Crippen molar-refractivity contribution in [2.24, 2.45) is 11.0 Å². The van der Waals surface area contributed by atoms with E-state index in [-0.39, 0.29) is 5.91 Å². The summed E-state index contributed by atoms with van der Waals surface area (Å²) in [5.74, 6) is 0.256. The highest BCUT2D eigenvalue weighted by Gasteiger charge is 2.08. The predicted molar refractivity (Wildman–Crippen MR) is 86.1 cm³/mol.